The summed E-state index contributed by atoms with van der Waals surface area (Å²) in [7, 11) is 0. The Balaban J connectivity index is 1.86. The predicted octanol–water partition coefficient (Wildman–Crippen LogP) is 3.02. The summed E-state index contributed by atoms with van der Waals surface area (Å²) in [6, 6.07) is 7.70. The average Bonchev–Trinajstić information content (AvgIpc) is 2.41. The fourth-order valence-corrected chi connectivity index (χ4v) is 2.48. The van der Waals surface area contributed by atoms with E-state index in [-0.39, 0.29) is 0 Å². The Morgan fingerprint density at radius 2 is 2.06 bits per heavy atom. The van der Waals surface area contributed by atoms with E-state index in [9.17, 15) is 0 Å². The Morgan fingerprint density at radius 1 is 1.22 bits per heavy atom. The molecule has 94 valence electrons. The molecule has 0 aliphatic carbocycles. The van der Waals surface area contributed by atoms with Crippen molar-refractivity contribution in [3.05, 3.63) is 35.5 Å². The van der Waals surface area contributed by atoms with Crippen LogP contribution in [0.1, 0.15) is 12.8 Å². The van der Waals surface area contributed by atoms with Crippen LogP contribution in [0.15, 0.2) is 30.5 Å². The molecular formula is C14H15ClN2O. The number of halogens is 1. The number of pyridine rings is 1. The number of nitrogens with zero attached hydrogens (tertiary/aromatic N) is 1. The molecule has 18 heavy (non-hydrogen) atoms. The first-order valence-electron chi connectivity index (χ1n) is 6.24. The van der Waals surface area contributed by atoms with E-state index in [1.165, 1.54) is 0 Å². The fourth-order valence-electron chi connectivity index (χ4n) is 2.27. The molecule has 1 fully saturated rings. The van der Waals surface area contributed by atoms with Crippen molar-refractivity contribution in [1.29, 1.82) is 0 Å². The van der Waals surface area contributed by atoms with Crippen LogP contribution in [-0.2, 0) is 0 Å². The zero-order valence-corrected chi connectivity index (χ0v) is 10.8. The molecule has 3 rings (SSSR count). The van der Waals surface area contributed by atoms with Gasteiger partial charge in [-0.15, -0.1) is 0 Å². The van der Waals surface area contributed by atoms with Gasteiger partial charge in [-0.25, -0.2) is 0 Å². The molecule has 0 spiro atoms. The zero-order valence-electron chi connectivity index (χ0n) is 10.0. The summed E-state index contributed by atoms with van der Waals surface area (Å²) in [4.78, 5) is 4.28. The van der Waals surface area contributed by atoms with Crippen molar-refractivity contribution in [3.8, 4) is 5.75 Å². The van der Waals surface area contributed by atoms with Gasteiger partial charge in [0.05, 0.1) is 10.5 Å². The van der Waals surface area contributed by atoms with E-state index in [4.69, 9.17) is 16.3 Å². The smallest absolute Gasteiger partial charge is 0.120 e. The van der Waals surface area contributed by atoms with E-state index in [0.29, 0.717) is 6.10 Å². The van der Waals surface area contributed by atoms with Gasteiger partial charge in [0.1, 0.15) is 11.9 Å². The first-order chi connectivity index (χ1) is 8.83. The van der Waals surface area contributed by atoms with Crippen molar-refractivity contribution in [2.75, 3.05) is 13.1 Å². The van der Waals surface area contributed by atoms with Gasteiger partial charge in [-0.2, -0.15) is 0 Å². The lowest BCUT2D eigenvalue weighted by molar-refractivity contribution is 0.162. The van der Waals surface area contributed by atoms with E-state index in [2.05, 4.69) is 10.3 Å². The van der Waals surface area contributed by atoms with Crippen molar-refractivity contribution in [3.63, 3.8) is 0 Å². The number of aromatic nitrogens is 1. The van der Waals surface area contributed by atoms with Gasteiger partial charge in [0.2, 0.25) is 0 Å². The maximum Gasteiger partial charge on any atom is 0.120 e. The summed E-state index contributed by atoms with van der Waals surface area (Å²) < 4.78 is 5.99. The van der Waals surface area contributed by atoms with Gasteiger partial charge in [0, 0.05) is 11.6 Å². The van der Waals surface area contributed by atoms with Crippen LogP contribution in [0.4, 0.5) is 0 Å². The van der Waals surface area contributed by atoms with Crippen LogP contribution in [-0.4, -0.2) is 24.2 Å². The van der Waals surface area contributed by atoms with Crippen LogP contribution < -0.4 is 10.1 Å². The molecule has 1 aromatic heterocycles. The van der Waals surface area contributed by atoms with Gasteiger partial charge in [-0.05, 0) is 50.2 Å². The number of nitrogens with one attached hydrogen (secondary N) is 1. The van der Waals surface area contributed by atoms with Crippen LogP contribution in [0.25, 0.3) is 10.9 Å². The quantitative estimate of drug-likeness (QED) is 0.903. The normalized spacial score (nSPS) is 16.9. The Bertz CT molecular complexity index is 552. The summed E-state index contributed by atoms with van der Waals surface area (Å²) in [6.07, 6.45) is 4.13. The van der Waals surface area contributed by atoms with Crippen molar-refractivity contribution in [1.82, 2.24) is 10.3 Å². The SMILES string of the molecule is Clc1ccnc2ccc(OC3CCNCC3)cc12. The Morgan fingerprint density at radius 3 is 2.89 bits per heavy atom. The highest BCUT2D eigenvalue weighted by atomic mass is 35.5. The van der Waals surface area contributed by atoms with E-state index in [0.717, 1.165) is 47.6 Å². The molecule has 4 heteroatoms. The molecule has 0 saturated carbocycles. The highest BCUT2D eigenvalue weighted by Crippen LogP contribution is 2.27. The molecule has 1 N–H and O–H groups in total. The lowest BCUT2D eigenvalue weighted by atomic mass is 10.1. The summed E-state index contributed by atoms with van der Waals surface area (Å²) in [5.41, 5.74) is 0.903. The molecule has 0 atom stereocenters. The van der Waals surface area contributed by atoms with Gasteiger partial charge in [-0.1, -0.05) is 11.6 Å². The second-order valence-corrected chi connectivity index (χ2v) is 4.95. The number of ether oxygens (including phenoxy) is 1. The molecule has 1 aromatic carbocycles. The van der Waals surface area contributed by atoms with Crippen molar-refractivity contribution >= 4 is 22.5 Å². The first kappa shape index (κ1) is 11.8. The first-order valence-corrected chi connectivity index (χ1v) is 6.62. The van der Waals surface area contributed by atoms with Crippen molar-refractivity contribution in [2.45, 2.75) is 18.9 Å². The molecule has 0 unspecified atom stereocenters. The molecule has 0 bridgehead atoms. The number of hydrogen-bond donors (Lipinski definition) is 1. The molecular weight excluding hydrogens is 248 g/mol. The van der Waals surface area contributed by atoms with E-state index >= 15 is 0 Å². The van der Waals surface area contributed by atoms with Crippen molar-refractivity contribution in [2.24, 2.45) is 0 Å². The minimum atomic E-state index is 0.305. The highest BCUT2D eigenvalue weighted by Gasteiger charge is 2.14. The molecule has 1 saturated heterocycles. The standard InChI is InChI=1S/C14H15ClN2O/c15-13-5-8-17-14-2-1-11(9-12(13)14)18-10-3-6-16-7-4-10/h1-2,5,8-10,16H,3-4,6-7H2. The molecule has 1 aliphatic rings. The third-order valence-electron chi connectivity index (χ3n) is 3.25. The lowest BCUT2D eigenvalue weighted by Crippen LogP contribution is -2.34. The van der Waals surface area contributed by atoms with Gasteiger partial charge >= 0.3 is 0 Å². The second-order valence-electron chi connectivity index (χ2n) is 4.54. The van der Waals surface area contributed by atoms with Crippen LogP contribution in [0.3, 0.4) is 0 Å². The monoisotopic (exact) mass is 262 g/mol. The Labute approximate surface area is 111 Å². The number of hydrogen-bond acceptors (Lipinski definition) is 3. The molecule has 2 aromatic rings. The summed E-state index contributed by atoms with van der Waals surface area (Å²) in [6.45, 7) is 2.06. The Hall–Kier alpha value is -1.32. The summed E-state index contributed by atoms with van der Waals surface area (Å²) in [5, 5.41) is 5.00. The van der Waals surface area contributed by atoms with Crippen LogP contribution >= 0.6 is 11.6 Å². The molecule has 3 nitrogen and oxygen atoms in total. The van der Waals surface area contributed by atoms with Crippen LogP contribution in [0.2, 0.25) is 5.02 Å². The van der Waals surface area contributed by atoms with Crippen LogP contribution in [0.5, 0.6) is 5.75 Å². The number of fused-ring (bicyclic) bond motifs is 1. The van der Waals surface area contributed by atoms with E-state index < -0.39 is 0 Å². The summed E-state index contributed by atoms with van der Waals surface area (Å²) >= 11 is 6.17. The highest BCUT2D eigenvalue weighted by molar-refractivity contribution is 6.35. The van der Waals surface area contributed by atoms with E-state index in [1.807, 2.05) is 18.2 Å². The fraction of sp³-hybridized carbons (Fsp3) is 0.357. The number of benzene rings is 1. The van der Waals surface area contributed by atoms with E-state index in [1.54, 1.807) is 12.3 Å². The van der Waals surface area contributed by atoms with Crippen LogP contribution in [0, 0.1) is 0 Å². The number of rotatable bonds is 2. The maximum absolute atomic E-state index is 6.17. The molecule has 1 aliphatic heterocycles. The van der Waals surface area contributed by atoms with Gasteiger partial charge < -0.3 is 10.1 Å². The number of piperidine rings is 1. The zero-order chi connectivity index (χ0) is 12.4. The largest absolute Gasteiger partial charge is 0.490 e. The van der Waals surface area contributed by atoms with Gasteiger partial charge in [-0.3, -0.25) is 4.98 Å². The molecule has 0 radical (unpaired) electrons. The predicted molar refractivity (Wildman–Crippen MR) is 73.3 cm³/mol. The van der Waals surface area contributed by atoms with Gasteiger partial charge in [0.25, 0.3) is 0 Å². The van der Waals surface area contributed by atoms with Crippen molar-refractivity contribution < 1.29 is 4.74 Å². The minimum Gasteiger partial charge on any atom is -0.490 e. The molecule has 0 amide bonds. The third-order valence-corrected chi connectivity index (χ3v) is 3.58. The minimum absolute atomic E-state index is 0.305. The third kappa shape index (κ3) is 2.42. The lowest BCUT2D eigenvalue weighted by Gasteiger charge is -2.23. The maximum atomic E-state index is 6.17. The molecule has 2 heterocycles. The average molecular weight is 263 g/mol. The Kier molecular flexibility index (Phi) is 3.35. The topological polar surface area (TPSA) is 34.1 Å². The van der Waals surface area contributed by atoms with Gasteiger partial charge in [0.15, 0.2) is 0 Å². The summed E-state index contributed by atoms with van der Waals surface area (Å²) in [5.74, 6) is 0.879. The second kappa shape index (κ2) is 5.12.